The van der Waals surface area contributed by atoms with Crippen LogP contribution in [0.4, 0.5) is 0 Å². The van der Waals surface area contributed by atoms with E-state index in [1.54, 1.807) is 16.8 Å². The number of nitrogens with one attached hydrogen (secondary N) is 1. The summed E-state index contributed by atoms with van der Waals surface area (Å²) < 4.78 is 2.99. The van der Waals surface area contributed by atoms with Crippen LogP contribution in [0.3, 0.4) is 0 Å². The van der Waals surface area contributed by atoms with Gasteiger partial charge >= 0.3 is 0 Å². The molecule has 0 bridgehead atoms. The van der Waals surface area contributed by atoms with Gasteiger partial charge in [-0.25, -0.2) is 0 Å². The average Bonchev–Trinajstić information content (AvgIpc) is 3.20. The molecule has 0 atom stereocenters. The van der Waals surface area contributed by atoms with Crippen LogP contribution in [0.2, 0.25) is 0 Å². The number of rotatable bonds is 2. The Balaban J connectivity index is 2.10. The van der Waals surface area contributed by atoms with Crippen molar-refractivity contribution in [2.24, 2.45) is 0 Å². The molecule has 0 unspecified atom stereocenters. The molecule has 6 nitrogen and oxygen atoms in total. The van der Waals surface area contributed by atoms with Gasteiger partial charge in [-0.1, -0.05) is 0 Å². The Kier molecular flexibility index (Phi) is 2.40. The molecule has 0 radical (unpaired) electrons. The SMILES string of the molecule is CC(C)n1ccc2c(=O)n3nc(C4CC4)cc3[nH]c2c1=O. The summed E-state index contributed by atoms with van der Waals surface area (Å²) in [6.45, 7) is 3.88. The van der Waals surface area contributed by atoms with Crippen molar-refractivity contribution in [2.45, 2.75) is 38.6 Å². The Morgan fingerprint density at radius 3 is 2.71 bits per heavy atom. The van der Waals surface area contributed by atoms with Gasteiger partial charge in [-0.05, 0) is 32.8 Å². The molecular weight excluding hydrogens is 268 g/mol. The lowest BCUT2D eigenvalue weighted by Gasteiger charge is -2.10. The number of hydrogen-bond acceptors (Lipinski definition) is 3. The molecule has 1 aliphatic rings. The fourth-order valence-corrected chi connectivity index (χ4v) is 2.72. The summed E-state index contributed by atoms with van der Waals surface area (Å²) in [6.07, 6.45) is 3.91. The number of pyridine rings is 1. The number of aromatic nitrogens is 4. The molecule has 1 fully saturated rings. The molecule has 0 amide bonds. The second-order valence-electron chi connectivity index (χ2n) is 5.98. The molecule has 1 saturated carbocycles. The summed E-state index contributed by atoms with van der Waals surface area (Å²) in [5.41, 5.74) is 1.47. The summed E-state index contributed by atoms with van der Waals surface area (Å²) in [4.78, 5) is 28.1. The molecule has 21 heavy (non-hydrogen) atoms. The van der Waals surface area contributed by atoms with Crippen LogP contribution in [0.1, 0.15) is 44.3 Å². The van der Waals surface area contributed by atoms with Crippen molar-refractivity contribution in [3.63, 3.8) is 0 Å². The normalized spacial score (nSPS) is 15.4. The van der Waals surface area contributed by atoms with Gasteiger partial charge < -0.3 is 9.55 Å². The molecule has 3 aromatic heterocycles. The molecular formula is C15H16N4O2. The van der Waals surface area contributed by atoms with E-state index in [2.05, 4.69) is 10.1 Å². The minimum absolute atomic E-state index is 0.0496. The largest absolute Gasteiger partial charge is 0.335 e. The van der Waals surface area contributed by atoms with Gasteiger partial charge in [0.05, 0.1) is 11.1 Å². The lowest BCUT2D eigenvalue weighted by atomic mass is 10.2. The smallest absolute Gasteiger partial charge is 0.282 e. The van der Waals surface area contributed by atoms with Gasteiger partial charge in [0.1, 0.15) is 11.2 Å². The standard InChI is InChI=1S/C15H16N4O2/c1-8(2)18-6-5-10-13(15(18)21)16-12-7-11(9-3-4-9)17-19(12)14(10)20/h5-9,16H,3-4H2,1-2H3. The van der Waals surface area contributed by atoms with Crippen molar-refractivity contribution in [1.29, 1.82) is 0 Å². The quantitative estimate of drug-likeness (QED) is 0.780. The Morgan fingerprint density at radius 2 is 2.05 bits per heavy atom. The first-order chi connectivity index (χ1) is 10.1. The van der Waals surface area contributed by atoms with Crippen molar-refractivity contribution in [1.82, 2.24) is 19.2 Å². The Hall–Kier alpha value is -2.37. The fourth-order valence-electron chi connectivity index (χ4n) is 2.72. The molecule has 1 aliphatic carbocycles. The minimum Gasteiger partial charge on any atom is -0.335 e. The summed E-state index contributed by atoms with van der Waals surface area (Å²) in [6, 6.07) is 3.62. The Bertz CT molecular complexity index is 973. The van der Waals surface area contributed by atoms with Gasteiger partial charge in [-0.15, -0.1) is 0 Å². The average molecular weight is 284 g/mol. The lowest BCUT2D eigenvalue weighted by Crippen LogP contribution is -2.26. The second kappa shape index (κ2) is 4.07. The van der Waals surface area contributed by atoms with Crippen LogP contribution in [0.25, 0.3) is 16.6 Å². The Morgan fingerprint density at radius 1 is 1.29 bits per heavy atom. The molecule has 6 heteroatoms. The van der Waals surface area contributed by atoms with Crippen molar-refractivity contribution < 1.29 is 0 Å². The van der Waals surface area contributed by atoms with Gasteiger partial charge in [0.25, 0.3) is 11.1 Å². The highest BCUT2D eigenvalue weighted by Gasteiger charge is 2.27. The highest BCUT2D eigenvalue weighted by atomic mass is 16.1. The van der Waals surface area contributed by atoms with Crippen LogP contribution in [0.5, 0.6) is 0 Å². The van der Waals surface area contributed by atoms with Crippen LogP contribution in [-0.4, -0.2) is 19.2 Å². The third kappa shape index (κ3) is 1.75. The number of fused-ring (bicyclic) bond motifs is 2. The number of nitrogens with zero attached hydrogens (tertiary/aromatic N) is 3. The molecule has 108 valence electrons. The number of H-pyrrole nitrogens is 1. The predicted octanol–water partition coefficient (Wildman–Crippen LogP) is 1.80. The number of aromatic amines is 1. The van der Waals surface area contributed by atoms with E-state index in [4.69, 9.17) is 0 Å². The van der Waals surface area contributed by atoms with E-state index in [9.17, 15) is 9.59 Å². The predicted molar refractivity (Wildman–Crippen MR) is 79.9 cm³/mol. The summed E-state index contributed by atoms with van der Waals surface area (Å²) in [7, 11) is 0. The third-order valence-corrected chi connectivity index (χ3v) is 4.08. The van der Waals surface area contributed by atoms with Crippen molar-refractivity contribution in [3.8, 4) is 0 Å². The van der Waals surface area contributed by atoms with Gasteiger partial charge in [0, 0.05) is 24.2 Å². The van der Waals surface area contributed by atoms with E-state index in [-0.39, 0.29) is 17.2 Å². The van der Waals surface area contributed by atoms with E-state index >= 15 is 0 Å². The number of hydrogen-bond donors (Lipinski definition) is 1. The fraction of sp³-hybridized carbons (Fsp3) is 0.400. The zero-order chi connectivity index (χ0) is 14.7. The van der Waals surface area contributed by atoms with Crippen molar-refractivity contribution >= 4 is 16.6 Å². The molecule has 3 heterocycles. The van der Waals surface area contributed by atoms with Crippen LogP contribution in [-0.2, 0) is 0 Å². The van der Waals surface area contributed by atoms with E-state index in [1.807, 2.05) is 19.9 Å². The molecule has 0 spiro atoms. The second-order valence-corrected chi connectivity index (χ2v) is 5.98. The zero-order valence-electron chi connectivity index (χ0n) is 12.0. The maximum Gasteiger partial charge on any atom is 0.282 e. The zero-order valence-corrected chi connectivity index (χ0v) is 12.0. The van der Waals surface area contributed by atoms with E-state index < -0.39 is 0 Å². The first-order valence-electron chi connectivity index (χ1n) is 7.23. The maximum atomic E-state index is 12.5. The van der Waals surface area contributed by atoms with Gasteiger partial charge in [0.15, 0.2) is 0 Å². The van der Waals surface area contributed by atoms with Crippen LogP contribution in [0, 0.1) is 0 Å². The van der Waals surface area contributed by atoms with Gasteiger partial charge in [0.2, 0.25) is 0 Å². The van der Waals surface area contributed by atoms with Crippen LogP contribution < -0.4 is 11.1 Å². The van der Waals surface area contributed by atoms with E-state index in [0.29, 0.717) is 22.5 Å². The molecule has 4 rings (SSSR count). The summed E-state index contributed by atoms with van der Waals surface area (Å²) in [5, 5.41) is 4.76. The molecule has 1 N–H and O–H groups in total. The molecule has 0 saturated heterocycles. The summed E-state index contributed by atoms with van der Waals surface area (Å²) >= 11 is 0. The minimum atomic E-state index is -0.237. The van der Waals surface area contributed by atoms with Crippen molar-refractivity contribution in [3.05, 3.63) is 44.7 Å². The van der Waals surface area contributed by atoms with Crippen LogP contribution in [0.15, 0.2) is 27.9 Å². The van der Waals surface area contributed by atoms with Gasteiger partial charge in [-0.3, -0.25) is 9.59 Å². The third-order valence-electron chi connectivity index (χ3n) is 4.08. The molecule has 3 aromatic rings. The highest BCUT2D eigenvalue weighted by molar-refractivity contribution is 5.78. The van der Waals surface area contributed by atoms with E-state index in [0.717, 1.165) is 18.5 Å². The highest BCUT2D eigenvalue weighted by Crippen LogP contribution is 2.39. The van der Waals surface area contributed by atoms with Crippen molar-refractivity contribution in [2.75, 3.05) is 0 Å². The first kappa shape index (κ1) is 12.4. The Labute approximate surface area is 120 Å². The van der Waals surface area contributed by atoms with Gasteiger partial charge in [-0.2, -0.15) is 9.61 Å². The first-order valence-corrected chi connectivity index (χ1v) is 7.23. The van der Waals surface area contributed by atoms with E-state index in [1.165, 1.54) is 4.52 Å². The maximum absolute atomic E-state index is 12.5. The topological polar surface area (TPSA) is 72.2 Å². The van der Waals surface area contributed by atoms with Crippen LogP contribution >= 0.6 is 0 Å². The lowest BCUT2D eigenvalue weighted by molar-refractivity contribution is 0.581. The molecule has 0 aromatic carbocycles. The monoisotopic (exact) mass is 284 g/mol. The summed E-state index contributed by atoms with van der Waals surface area (Å²) in [5.74, 6) is 0.466. The molecule has 0 aliphatic heterocycles.